The van der Waals surface area contributed by atoms with Crippen LogP contribution in [0.15, 0.2) is 11.6 Å². The first-order chi connectivity index (χ1) is 5.08. The van der Waals surface area contributed by atoms with Crippen LogP contribution < -0.4 is 5.73 Å². The lowest BCUT2D eigenvalue weighted by Crippen LogP contribution is -2.24. The van der Waals surface area contributed by atoms with Gasteiger partial charge in [-0.15, -0.1) is 0 Å². The fourth-order valence-corrected chi connectivity index (χ4v) is 0.885. The molecule has 0 amide bonds. The summed E-state index contributed by atoms with van der Waals surface area (Å²) in [6, 6.07) is 0. The van der Waals surface area contributed by atoms with Crippen LogP contribution in [0.1, 0.15) is 27.2 Å². The molecule has 66 valence electrons. The van der Waals surface area contributed by atoms with Crippen molar-refractivity contribution in [3.05, 3.63) is 11.6 Å². The van der Waals surface area contributed by atoms with Gasteiger partial charge in [-0.05, 0) is 20.3 Å². The first-order valence-electron chi connectivity index (χ1n) is 4.01. The maximum Gasteiger partial charge on any atom is 0.0831 e. The molecule has 0 aromatic heterocycles. The lowest BCUT2D eigenvalue weighted by Gasteiger charge is -2.23. The standard InChI is InChI=1S/C9H19NO/c1-5-9(3,11-4)6-8(2)7-10/h6H,5,7,10H2,1-4H3/b8-6-. The summed E-state index contributed by atoms with van der Waals surface area (Å²) >= 11 is 0. The van der Waals surface area contributed by atoms with Gasteiger partial charge in [0.2, 0.25) is 0 Å². The lowest BCUT2D eigenvalue weighted by atomic mass is 10.0. The third-order valence-electron chi connectivity index (χ3n) is 2.04. The van der Waals surface area contributed by atoms with E-state index in [-0.39, 0.29) is 5.60 Å². The Labute approximate surface area is 69.4 Å². The highest BCUT2D eigenvalue weighted by Crippen LogP contribution is 2.17. The Morgan fingerprint density at radius 2 is 2.18 bits per heavy atom. The Bertz CT molecular complexity index is 136. The molecule has 0 saturated heterocycles. The molecular formula is C9H19NO. The van der Waals surface area contributed by atoms with E-state index in [4.69, 9.17) is 10.5 Å². The highest BCUT2D eigenvalue weighted by atomic mass is 16.5. The second kappa shape index (κ2) is 4.52. The van der Waals surface area contributed by atoms with Crippen molar-refractivity contribution in [2.75, 3.05) is 13.7 Å². The Morgan fingerprint density at radius 1 is 1.64 bits per heavy atom. The van der Waals surface area contributed by atoms with Crippen molar-refractivity contribution in [2.24, 2.45) is 5.73 Å². The molecule has 2 N–H and O–H groups in total. The molecule has 0 heterocycles. The number of hydrogen-bond acceptors (Lipinski definition) is 2. The molecule has 11 heavy (non-hydrogen) atoms. The molecule has 2 heteroatoms. The molecule has 0 rings (SSSR count). The van der Waals surface area contributed by atoms with Crippen LogP contribution in [0.25, 0.3) is 0 Å². The molecule has 0 bridgehead atoms. The van der Waals surface area contributed by atoms with Gasteiger partial charge in [-0.1, -0.05) is 18.6 Å². The van der Waals surface area contributed by atoms with Crippen molar-refractivity contribution in [3.63, 3.8) is 0 Å². The van der Waals surface area contributed by atoms with Crippen LogP contribution in [-0.2, 0) is 4.74 Å². The van der Waals surface area contributed by atoms with Crippen molar-refractivity contribution in [1.29, 1.82) is 0 Å². The van der Waals surface area contributed by atoms with E-state index in [2.05, 4.69) is 19.9 Å². The molecule has 1 atom stereocenters. The van der Waals surface area contributed by atoms with Gasteiger partial charge in [-0.25, -0.2) is 0 Å². The summed E-state index contributed by atoms with van der Waals surface area (Å²) in [5.41, 5.74) is 6.51. The number of nitrogens with two attached hydrogens (primary N) is 1. The fraction of sp³-hybridized carbons (Fsp3) is 0.778. The largest absolute Gasteiger partial charge is 0.374 e. The van der Waals surface area contributed by atoms with Crippen molar-refractivity contribution in [3.8, 4) is 0 Å². The number of ether oxygens (including phenoxy) is 1. The Hall–Kier alpha value is -0.340. The Kier molecular flexibility index (Phi) is 4.38. The minimum atomic E-state index is -0.135. The van der Waals surface area contributed by atoms with Crippen molar-refractivity contribution < 1.29 is 4.74 Å². The van der Waals surface area contributed by atoms with E-state index in [9.17, 15) is 0 Å². The normalized spacial score (nSPS) is 18.1. The first-order valence-corrected chi connectivity index (χ1v) is 4.01. The summed E-state index contributed by atoms with van der Waals surface area (Å²) in [5, 5.41) is 0. The summed E-state index contributed by atoms with van der Waals surface area (Å²) in [6.07, 6.45) is 3.06. The van der Waals surface area contributed by atoms with Gasteiger partial charge in [0.25, 0.3) is 0 Å². The average molecular weight is 157 g/mol. The van der Waals surface area contributed by atoms with Gasteiger partial charge in [0.1, 0.15) is 0 Å². The summed E-state index contributed by atoms with van der Waals surface area (Å²) in [6.45, 7) is 6.79. The highest BCUT2D eigenvalue weighted by molar-refractivity contribution is 5.08. The molecule has 0 fully saturated rings. The van der Waals surface area contributed by atoms with Crippen LogP contribution in [0, 0.1) is 0 Å². The third kappa shape index (κ3) is 3.54. The average Bonchev–Trinajstić information content (AvgIpc) is 2.04. The second-order valence-electron chi connectivity index (χ2n) is 3.07. The van der Waals surface area contributed by atoms with Crippen LogP contribution in [0.4, 0.5) is 0 Å². The molecule has 2 nitrogen and oxygen atoms in total. The molecule has 0 aromatic carbocycles. The van der Waals surface area contributed by atoms with Crippen molar-refractivity contribution >= 4 is 0 Å². The quantitative estimate of drug-likeness (QED) is 0.630. The van der Waals surface area contributed by atoms with E-state index in [0.29, 0.717) is 6.54 Å². The second-order valence-corrected chi connectivity index (χ2v) is 3.07. The van der Waals surface area contributed by atoms with Gasteiger partial charge in [-0.2, -0.15) is 0 Å². The molecule has 0 aromatic rings. The van der Waals surface area contributed by atoms with Gasteiger partial charge < -0.3 is 10.5 Å². The van der Waals surface area contributed by atoms with E-state index in [0.717, 1.165) is 6.42 Å². The zero-order valence-electron chi connectivity index (χ0n) is 7.98. The van der Waals surface area contributed by atoms with E-state index < -0.39 is 0 Å². The molecule has 1 unspecified atom stereocenters. The summed E-state index contributed by atoms with van der Waals surface area (Å²) in [7, 11) is 1.73. The molecule has 0 aliphatic carbocycles. The molecule has 0 saturated carbocycles. The zero-order chi connectivity index (χ0) is 8.91. The summed E-state index contributed by atoms with van der Waals surface area (Å²) in [5.74, 6) is 0. The van der Waals surface area contributed by atoms with E-state index in [1.807, 2.05) is 6.92 Å². The number of methoxy groups -OCH3 is 1. The highest BCUT2D eigenvalue weighted by Gasteiger charge is 2.16. The van der Waals surface area contributed by atoms with Gasteiger partial charge in [0.15, 0.2) is 0 Å². The number of hydrogen-bond donors (Lipinski definition) is 1. The van der Waals surface area contributed by atoms with Gasteiger partial charge >= 0.3 is 0 Å². The van der Waals surface area contributed by atoms with Gasteiger partial charge in [0.05, 0.1) is 5.60 Å². The van der Waals surface area contributed by atoms with Gasteiger partial charge in [0, 0.05) is 13.7 Å². The summed E-state index contributed by atoms with van der Waals surface area (Å²) < 4.78 is 5.33. The number of rotatable bonds is 4. The van der Waals surface area contributed by atoms with Crippen LogP contribution in [0.2, 0.25) is 0 Å². The van der Waals surface area contributed by atoms with Crippen LogP contribution >= 0.6 is 0 Å². The smallest absolute Gasteiger partial charge is 0.0831 e. The van der Waals surface area contributed by atoms with Crippen LogP contribution in [0.5, 0.6) is 0 Å². The predicted molar refractivity (Wildman–Crippen MR) is 48.5 cm³/mol. The minimum absolute atomic E-state index is 0.135. The van der Waals surface area contributed by atoms with Crippen molar-refractivity contribution in [2.45, 2.75) is 32.8 Å². The topological polar surface area (TPSA) is 35.2 Å². The maximum absolute atomic E-state index is 5.46. The van der Waals surface area contributed by atoms with E-state index in [1.165, 1.54) is 5.57 Å². The Morgan fingerprint density at radius 3 is 2.45 bits per heavy atom. The fourth-order valence-electron chi connectivity index (χ4n) is 0.885. The summed E-state index contributed by atoms with van der Waals surface area (Å²) in [4.78, 5) is 0. The van der Waals surface area contributed by atoms with E-state index in [1.54, 1.807) is 7.11 Å². The maximum atomic E-state index is 5.46. The van der Waals surface area contributed by atoms with Crippen molar-refractivity contribution in [1.82, 2.24) is 0 Å². The lowest BCUT2D eigenvalue weighted by molar-refractivity contribution is 0.0449. The van der Waals surface area contributed by atoms with Crippen LogP contribution in [-0.4, -0.2) is 19.3 Å². The first kappa shape index (κ1) is 10.7. The minimum Gasteiger partial charge on any atom is -0.374 e. The molecular weight excluding hydrogens is 138 g/mol. The molecule has 0 aliphatic rings. The van der Waals surface area contributed by atoms with Crippen LogP contribution in [0.3, 0.4) is 0 Å². The zero-order valence-corrected chi connectivity index (χ0v) is 7.98. The predicted octanol–water partition coefficient (Wildman–Crippen LogP) is 1.71. The third-order valence-corrected chi connectivity index (χ3v) is 2.04. The molecule has 0 aliphatic heterocycles. The molecule has 0 radical (unpaired) electrons. The van der Waals surface area contributed by atoms with E-state index >= 15 is 0 Å². The van der Waals surface area contributed by atoms with Gasteiger partial charge in [-0.3, -0.25) is 0 Å². The Balaban J connectivity index is 4.27. The SMILES string of the molecule is CCC(C)(/C=C(/C)CN)OC. The molecule has 0 spiro atoms. The monoisotopic (exact) mass is 157 g/mol.